The van der Waals surface area contributed by atoms with Gasteiger partial charge in [-0.25, -0.2) is 4.79 Å². The summed E-state index contributed by atoms with van der Waals surface area (Å²) in [5.74, 6) is 0.0705. The van der Waals surface area contributed by atoms with E-state index in [-0.39, 0.29) is 18.7 Å². The number of urea groups is 1. The van der Waals surface area contributed by atoms with Crippen LogP contribution in [0.15, 0.2) is 47.7 Å². The van der Waals surface area contributed by atoms with Crippen LogP contribution in [0.3, 0.4) is 0 Å². The molecule has 8 nitrogen and oxygen atoms in total. The second-order valence-corrected chi connectivity index (χ2v) is 13.7. The molecule has 41 heavy (non-hydrogen) atoms. The zero-order chi connectivity index (χ0) is 30.6. The standard InChI is InChI=1S/C33H51N3O5/c1-31(2,3)27-20-26(40-9)21-33(28(27)37,22-41-29(38)32(4,5)6)34-30(39)36(24-14-12-10-11-13-15-24)25-18-16-23(17-19-25)35(7)8/h16-21,24,28,37H,10-15,22H2,1-9H3,(H,34,39). The summed E-state index contributed by atoms with van der Waals surface area (Å²) in [5.41, 5.74) is -0.120. The third kappa shape index (κ3) is 7.85. The molecule has 0 heterocycles. The number of carbonyl (C=O) groups is 2. The van der Waals surface area contributed by atoms with Gasteiger partial charge >= 0.3 is 12.0 Å². The van der Waals surface area contributed by atoms with E-state index in [1.165, 1.54) is 0 Å². The fourth-order valence-electron chi connectivity index (χ4n) is 5.47. The molecule has 2 N–H and O–H groups in total. The van der Waals surface area contributed by atoms with Gasteiger partial charge in [0, 0.05) is 31.5 Å². The Hall–Kier alpha value is -3.00. The molecule has 2 unspecified atom stereocenters. The molecule has 2 atom stereocenters. The van der Waals surface area contributed by atoms with Gasteiger partial charge in [-0.15, -0.1) is 0 Å². The van der Waals surface area contributed by atoms with Crippen LogP contribution >= 0.6 is 0 Å². The number of anilines is 2. The number of hydrogen-bond acceptors (Lipinski definition) is 6. The molecule has 1 saturated carbocycles. The first-order valence-corrected chi connectivity index (χ1v) is 14.8. The highest BCUT2D eigenvalue weighted by Gasteiger charge is 2.48. The fourth-order valence-corrected chi connectivity index (χ4v) is 5.47. The zero-order valence-corrected chi connectivity index (χ0v) is 26.5. The Morgan fingerprint density at radius 2 is 1.54 bits per heavy atom. The number of methoxy groups -OCH3 is 1. The molecule has 0 bridgehead atoms. The predicted molar refractivity (Wildman–Crippen MR) is 165 cm³/mol. The maximum Gasteiger partial charge on any atom is 0.323 e. The number of nitrogens with one attached hydrogen (secondary N) is 1. The van der Waals surface area contributed by atoms with E-state index in [9.17, 15) is 14.7 Å². The van der Waals surface area contributed by atoms with Crippen LogP contribution in [0.2, 0.25) is 0 Å². The molecule has 0 saturated heterocycles. The molecule has 228 valence electrons. The SMILES string of the molecule is COC1=CC(COC(=O)C(C)(C)C)(NC(=O)N(c2ccc(N(C)C)cc2)C2CCCCCC2)C(O)C(C(C)(C)C)=C1. The van der Waals surface area contributed by atoms with E-state index < -0.39 is 28.4 Å². The first-order chi connectivity index (χ1) is 19.1. The lowest BCUT2D eigenvalue weighted by atomic mass is 9.73. The number of aliphatic hydroxyl groups excluding tert-OH is 1. The molecule has 1 aromatic rings. The van der Waals surface area contributed by atoms with E-state index in [0.29, 0.717) is 11.3 Å². The summed E-state index contributed by atoms with van der Waals surface area (Å²) in [7, 11) is 5.52. The maximum absolute atomic E-state index is 14.4. The van der Waals surface area contributed by atoms with E-state index >= 15 is 0 Å². The molecular formula is C33H51N3O5. The van der Waals surface area contributed by atoms with Crippen LogP contribution < -0.4 is 15.1 Å². The largest absolute Gasteiger partial charge is 0.497 e. The Morgan fingerprint density at radius 1 is 0.976 bits per heavy atom. The Balaban J connectivity index is 2.08. The number of amides is 2. The lowest BCUT2D eigenvalue weighted by Gasteiger charge is -2.44. The molecule has 8 heteroatoms. The number of esters is 1. The van der Waals surface area contributed by atoms with Gasteiger partial charge in [-0.05, 0) is 81.0 Å². The second-order valence-electron chi connectivity index (χ2n) is 13.7. The molecule has 0 aromatic heterocycles. The summed E-state index contributed by atoms with van der Waals surface area (Å²) in [6.07, 6.45) is 8.52. The number of carbonyl (C=O) groups excluding carboxylic acids is 2. The molecule has 0 aliphatic heterocycles. The van der Waals surface area contributed by atoms with Gasteiger partial charge in [0.05, 0.1) is 12.5 Å². The number of aliphatic hydroxyl groups is 1. The van der Waals surface area contributed by atoms with Crippen molar-refractivity contribution < 1.29 is 24.2 Å². The number of rotatable bonds is 7. The number of benzene rings is 1. The maximum atomic E-state index is 14.4. The molecule has 2 amide bonds. The van der Waals surface area contributed by atoms with Crippen molar-refractivity contribution in [1.29, 1.82) is 0 Å². The average molecular weight is 570 g/mol. The lowest BCUT2D eigenvalue weighted by Crippen LogP contribution is -2.64. The molecule has 1 aromatic carbocycles. The highest BCUT2D eigenvalue weighted by atomic mass is 16.5. The Labute approximate surface area is 246 Å². The monoisotopic (exact) mass is 569 g/mol. The van der Waals surface area contributed by atoms with E-state index in [2.05, 4.69) is 5.32 Å². The topological polar surface area (TPSA) is 91.3 Å². The Bertz CT molecular complexity index is 1120. The summed E-state index contributed by atoms with van der Waals surface area (Å²) in [6.45, 7) is 11.1. The molecule has 0 spiro atoms. The average Bonchev–Trinajstić information content (AvgIpc) is 3.17. The van der Waals surface area contributed by atoms with Gasteiger partial charge in [0.15, 0.2) is 0 Å². The normalized spacial score (nSPS) is 22.1. The van der Waals surface area contributed by atoms with Crippen LogP contribution in [0.5, 0.6) is 0 Å². The molecular weight excluding hydrogens is 518 g/mol. The van der Waals surface area contributed by atoms with Gasteiger partial charge in [0.2, 0.25) is 0 Å². The summed E-state index contributed by atoms with van der Waals surface area (Å²) in [6, 6.07) is 7.61. The van der Waals surface area contributed by atoms with Crippen molar-refractivity contribution in [3.05, 3.63) is 47.7 Å². The van der Waals surface area contributed by atoms with E-state index in [1.54, 1.807) is 34.0 Å². The van der Waals surface area contributed by atoms with E-state index in [4.69, 9.17) is 9.47 Å². The van der Waals surface area contributed by atoms with Crippen LogP contribution in [0, 0.1) is 10.8 Å². The van der Waals surface area contributed by atoms with Crippen molar-refractivity contribution in [1.82, 2.24) is 5.32 Å². The first kappa shape index (κ1) is 32.5. The lowest BCUT2D eigenvalue weighted by molar-refractivity contribution is -0.155. The van der Waals surface area contributed by atoms with Crippen molar-refractivity contribution in [2.45, 2.75) is 97.8 Å². The molecule has 0 radical (unpaired) electrons. The van der Waals surface area contributed by atoms with Gasteiger partial charge in [-0.1, -0.05) is 46.5 Å². The van der Waals surface area contributed by atoms with Crippen molar-refractivity contribution >= 4 is 23.4 Å². The van der Waals surface area contributed by atoms with Gasteiger partial charge in [0.1, 0.15) is 24.0 Å². The summed E-state index contributed by atoms with van der Waals surface area (Å²) >= 11 is 0. The fraction of sp³-hybridized carbons (Fsp3) is 0.636. The van der Waals surface area contributed by atoms with Gasteiger partial charge in [-0.3, -0.25) is 9.69 Å². The number of ether oxygens (including phenoxy) is 2. The first-order valence-electron chi connectivity index (χ1n) is 14.8. The van der Waals surface area contributed by atoms with Crippen molar-refractivity contribution in [2.24, 2.45) is 10.8 Å². The number of hydrogen-bond donors (Lipinski definition) is 2. The quantitative estimate of drug-likeness (QED) is 0.300. The summed E-state index contributed by atoms with van der Waals surface area (Å²) in [4.78, 5) is 31.2. The minimum Gasteiger partial charge on any atom is -0.497 e. The summed E-state index contributed by atoms with van der Waals surface area (Å²) < 4.78 is 11.5. The smallest absolute Gasteiger partial charge is 0.323 e. The number of allylic oxidation sites excluding steroid dienone is 1. The van der Waals surface area contributed by atoms with Crippen LogP contribution in [0.1, 0.15) is 80.1 Å². The Kier molecular flexibility index (Phi) is 10.2. The minimum absolute atomic E-state index is 0.00104. The molecule has 2 aliphatic rings. The second kappa shape index (κ2) is 12.9. The van der Waals surface area contributed by atoms with E-state index in [0.717, 1.165) is 49.9 Å². The van der Waals surface area contributed by atoms with Crippen LogP contribution in [-0.2, 0) is 14.3 Å². The Morgan fingerprint density at radius 3 is 2.02 bits per heavy atom. The highest BCUT2D eigenvalue weighted by molar-refractivity contribution is 5.94. The van der Waals surface area contributed by atoms with Gasteiger partial charge < -0.3 is 24.8 Å². The summed E-state index contributed by atoms with van der Waals surface area (Å²) in [5, 5.41) is 15.1. The zero-order valence-electron chi connectivity index (χ0n) is 26.5. The minimum atomic E-state index is -1.44. The molecule has 3 rings (SSSR count). The van der Waals surface area contributed by atoms with Crippen LogP contribution in [0.4, 0.5) is 16.2 Å². The van der Waals surface area contributed by atoms with Crippen molar-refractivity contribution in [3.8, 4) is 0 Å². The van der Waals surface area contributed by atoms with Gasteiger partial charge in [-0.2, -0.15) is 0 Å². The molecule has 1 fully saturated rings. The van der Waals surface area contributed by atoms with Crippen molar-refractivity contribution in [2.75, 3.05) is 37.6 Å². The van der Waals surface area contributed by atoms with Crippen LogP contribution in [0.25, 0.3) is 0 Å². The number of nitrogens with zero attached hydrogens (tertiary/aromatic N) is 2. The third-order valence-corrected chi connectivity index (χ3v) is 8.03. The van der Waals surface area contributed by atoms with Crippen LogP contribution in [-0.4, -0.2) is 62.6 Å². The third-order valence-electron chi connectivity index (χ3n) is 8.03. The van der Waals surface area contributed by atoms with Crippen molar-refractivity contribution in [3.63, 3.8) is 0 Å². The highest BCUT2D eigenvalue weighted by Crippen LogP contribution is 2.39. The predicted octanol–water partition coefficient (Wildman–Crippen LogP) is 6.20. The molecule has 2 aliphatic carbocycles. The van der Waals surface area contributed by atoms with Gasteiger partial charge in [0.25, 0.3) is 0 Å². The van der Waals surface area contributed by atoms with E-state index in [1.807, 2.05) is 75.0 Å².